The van der Waals surface area contributed by atoms with Crippen molar-refractivity contribution in [1.29, 1.82) is 0 Å². The molecule has 0 radical (unpaired) electrons. The number of hydrogen-bond donors (Lipinski definition) is 0. The van der Waals surface area contributed by atoms with Gasteiger partial charge in [0, 0.05) is 6.20 Å². The molecule has 0 bridgehead atoms. The van der Waals surface area contributed by atoms with E-state index in [1.54, 1.807) is 27.5 Å². The van der Waals surface area contributed by atoms with Gasteiger partial charge >= 0.3 is 0 Å². The van der Waals surface area contributed by atoms with E-state index in [0.29, 0.717) is 17.2 Å². The van der Waals surface area contributed by atoms with E-state index < -0.39 is 0 Å². The van der Waals surface area contributed by atoms with Gasteiger partial charge in [-0.3, -0.25) is 0 Å². The van der Waals surface area contributed by atoms with E-state index in [-0.39, 0.29) is 0 Å². The van der Waals surface area contributed by atoms with Crippen LogP contribution in [0.3, 0.4) is 0 Å². The third-order valence-electron chi connectivity index (χ3n) is 2.74. The van der Waals surface area contributed by atoms with Crippen LogP contribution >= 0.6 is 0 Å². The predicted molar refractivity (Wildman–Crippen MR) is 77.1 cm³/mol. The van der Waals surface area contributed by atoms with Gasteiger partial charge in [-0.25, -0.2) is 9.97 Å². The van der Waals surface area contributed by atoms with Crippen LogP contribution in [0, 0.1) is 0 Å². The van der Waals surface area contributed by atoms with Crippen LogP contribution in [0.1, 0.15) is 11.3 Å². The Kier molecular flexibility index (Phi) is 4.55. The first-order chi connectivity index (χ1) is 9.78. The Balaban J connectivity index is 2.35. The van der Waals surface area contributed by atoms with Gasteiger partial charge in [0.2, 0.25) is 5.75 Å². The van der Waals surface area contributed by atoms with Crippen LogP contribution < -0.4 is 14.2 Å². The Hall–Kier alpha value is -2.56. The lowest BCUT2D eigenvalue weighted by Crippen LogP contribution is -1.95. The molecular weight excluding hydrogens is 256 g/mol. The first-order valence-electron chi connectivity index (χ1n) is 6.02. The number of nitrogens with zero attached hydrogens (tertiary/aromatic N) is 2. The van der Waals surface area contributed by atoms with Crippen molar-refractivity contribution in [3.63, 3.8) is 0 Å². The van der Waals surface area contributed by atoms with Crippen LogP contribution in [0.25, 0.3) is 12.2 Å². The van der Waals surface area contributed by atoms with Crippen molar-refractivity contribution in [1.82, 2.24) is 9.97 Å². The van der Waals surface area contributed by atoms with E-state index in [0.717, 1.165) is 11.3 Å². The minimum Gasteiger partial charge on any atom is -0.493 e. The Morgan fingerprint density at radius 1 is 0.950 bits per heavy atom. The first kappa shape index (κ1) is 13.9. The molecule has 1 aromatic heterocycles. The summed E-state index contributed by atoms with van der Waals surface area (Å²) < 4.78 is 15.9. The van der Waals surface area contributed by atoms with Crippen molar-refractivity contribution in [3.8, 4) is 17.2 Å². The number of ether oxygens (including phenoxy) is 3. The predicted octanol–water partition coefficient (Wildman–Crippen LogP) is 2.67. The largest absolute Gasteiger partial charge is 0.493 e. The molecule has 5 heteroatoms. The fourth-order valence-electron chi connectivity index (χ4n) is 1.78. The molecule has 2 rings (SSSR count). The zero-order valence-corrected chi connectivity index (χ0v) is 11.7. The average Bonchev–Trinajstić information content (AvgIpc) is 2.52. The molecule has 0 N–H and O–H groups in total. The van der Waals surface area contributed by atoms with E-state index in [1.807, 2.05) is 30.4 Å². The average molecular weight is 272 g/mol. The highest BCUT2D eigenvalue weighted by atomic mass is 16.5. The van der Waals surface area contributed by atoms with Gasteiger partial charge in [0.15, 0.2) is 11.5 Å². The Bertz CT molecular complexity index is 572. The summed E-state index contributed by atoms with van der Waals surface area (Å²) in [4.78, 5) is 8.00. The van der Waals surface area contributed by atoms with Crippen molar-refractivity contribution in [2.75, 3.05) is 21.3 Å². The van der Waals surface area contributed by atoms with E-state index in [1.165, 1.54) is 6.33 Å². The second kappa shape index (κ2) is 6.56. The van der Waals surface area contributed by atoms with Crippen molar-refractivity contribution in [2.24, 2.45) is 0 Å². The van der Waals surface area contributed by atoms with Crippen LogP contribution in [0.4, 0.5) is 0 Å². The van der Waals surface area contributed by atoms with E-state index in [4.69, 9.17) is 14.2 Å². The molecule has 1 heterocycles. The molecule has 1 aromatic carbocycles. The van der Waals surface area contributed by atoms with Crippen LogP contribution in [0.5, 0.6) is 17.2 Å². The SMILES string of the molecule is COc1cc(C=Cc2ccncn2)cc(OC)c1OC. The quantitative estimate of drug-likeness (QED) is 0.837. The monoisotopic (exact) mass is 272 g/mol. The van der Waals surface area contributed by atoms with E-state index in [9.17, 15) is 0 Å². The van der Waals surface area contributed by atoms with Crippen molar-refractivity contribution in [3.05, 3.63) is 42.0 Å². The van der Waals surface area contributed by atoms with Gasteiger partial charge in [0.05, 0.1) is 27.0 Å². The summed E-state index contributed by atoms with van der Waals surface area (Å²) in [6.07, 6.45) is 7.02. The maximum Gasteiger partial charge on any atom is 0.203 e. The highest BCUT2D eigenvalue weighted by Gasteiger charge is 2.11. The number of hydrogen-bond acceptors (Lipinski definition) is 5. The molecular formula is C15H16N2O3. The summed E-state index contributed by atoms with van der Waals surface area (Å²) in [6.45, 7) is 0. The van der Waals surface area contributed by atoms with E-state index >= 15 is 0 Å². The second-order valence-electron chi connectivity index (χ2n) is 3.93. The van der Waals surface area contributed by atoms with E-state index in [2.05, 4.69) is 9.97 Å². The molecule has 0 atom stereocenters. The normalized spacial score (nSPS) is 10.6. The number of methoxy groups -OCH3 is 3. The van der Waals surface area contributed by atoms with Gasteiger partial charge in [-0.2, -0.15) is 0 Å². The maximum absolute atomic E-state index is 5.31. The van der Waals surface area contributed by atoms with Crippen molar-refractivity contribution in [2.45, 2.75) is 0 Å². The summed E-state index contributed by atoms with van der Waals surface area (Å²) in [6, 6.07) is 5.58. The van der Waals surface area contributed by atoms with Crippen LogP contribution in [0.15, 0.2) is 30.7 Å². The molecule has 0 aliphatic carbocycles. The smallest absolute Gasteiger partial charge is 0.203 e. The summed E-state index contributed by atoms with van der Waals surface area (Å²) >= 11 is 0. The lowest BCUT2D eigenvalue weighted by atomic mass is 10.1. The molecule has 20 heavy (non-hydrogen) atoms. The third-order valence-corrected chi connectivity index (χ3v) is 2.74. The summed E-state index contributed by atoms with van der Waals surface area (Å²) in [5.41, 5.74) is 1.76. The van der Waals surface area contributed by atoms with Crippen molar-refractivity contribution >= 4 is 12.2 Å². The molecule has 104 valence electrons. The highest BCUT2D eigenvalue weighted by Crippen LogP contribution is 2.38. The Morgan fingerprint density at radius 3 is 2.15 bits per heavy atom. The first-order valence-corrected chi connectivity index (χ1v) is 6.02. The van der Waals surface area contributed by atoms with Crippen molar-refractivity contribution < 1.29 is 14.2 Å². The number of benzene rings is 1. The standard InChI is InChI=1S/C15H16N2O3/c1-18-13-8-11(9-14(19-2)15(13)20-3)4-5-12-6-7-16-10-17-12/h4-10H,1-3H3. The van der Waals surface area contributed by atoms with Gasteiger partial charge in [0.25, 0.3) is 0 Å². The van der Waals surface area contributed by atoms with Crippen LogP contribution in [-0.4, -0.2) is 31.3 Å². The van der Waals surface area contributed by atoms with Gasteiger partial charge in [0.1, 0.15) is 6.33 Å². The number of aromatic nitrogens is 2. The van der Waals surface area contributed by atoms with Crippen LogP contribution in [-0.2, 0) is 0 Å². The summed E-state index contributed by atoms with van der Waals surface area (Å²) in [7, 11) is 4.77. The minimum absolute atomic E-state index is 0.578. The summed E-state index contributed by atoms with van der Waals surface area (Å²) in [5, 5.41) is 0. The molecule has 0 fully saturated rings. The topological polar surface area (TPSA) is 53.5 Å². The molecule has 0 unspecified atom stereocenters. The van der Waals surface area contributed by atoms with Gasteiger partial charge in [-0.1, -0.05) is 6.08 Å². The molecule has 0 saturated carbocycles. The maximum atomic E-state index is 5.31. The van der Waals surface area contributed by atoms with Gasteiger partial charge in [-0.05, 0) is 29.8 Å². The Morgan fingerprint density at radius 2 is 1.65 bits per heavy atom. The van der Waals surface area contributed by atoms with Gasteiger partial charge < -0.3 is 14.2 Å². The zero-order valence-electron chi connectivity index (χ0n) is 11.7. The highest BCUT2D eigenvalue weighted by molar-refractivity contribution is 5.71. The number of rotatable bonds is 5. The molecule has 0 spiro atoms. The molecule has 2 aromatic rings. The molecule has 5 nitrogen and oxygen atoms in total. The minimum atomic E-state index is 0.578. The fourth-order valence-corrected chi connectivity index (χ4v) is 1.78. The zero-order chi connectivity index (χ0) is 14.4. The van der Waals surface area contributed by atoms with Crippen LogP contribution in [0.2, 0.25) is 0 Å². The lowest BCUT2D eigenvalue weighted by molar-refractivity contribution is 0.324. The van der Waals surface area contributed by atoms with Gasteiger partial charge in [-0.15, -0.1) is 0 Å². The molecule has 0 amide bonds. The fraction of sp³-hybridized carbons (Fsp3) is 0.200. The molecule has 0 aliphatic rings. The molecule has 0 aliphatic heterocycles. The lowest BCUT2D eigenvalue weighted by Gasteiger charge is -2.12. The second-order valence-corrected chi connectivity index (χ2v) is 3.93. The third kappa shape index (κ3) is 3.06. The summed E-state index contributed by atoms with van der Waals surface area (Å²) in [5.74, 6) is 1.82. The molecule has 0 saturated heterocycles. The Labute approximate surface area is 117 Å².